The highest BCUT2D eigenvalue weighted by Crippen LogP contribution is 2.37. The Morgan fingerprint density at radius 2 is 2.00 bits per heavy atom. The summed E-state index contributed by atoms with van der Waals surface area (Å²) in [6.45, 7) is 6.17. The summed E-state index contributed by atoms with van der Waals surface area (Å²) < 4.78 is 2.24. The van der Waals surface area contributed by atoms with Gasteiger partial charge in [0.1, 0.15) is 0 Å². The SMILES string of the molecule is C#CCN1CCc2c(n(CC#C)c3ccccc23)C1C=C. The zero-order valence-electron chi connectivity index (χ0n) is 12.0. The van der Waals surface area contributed by atoms with E-state index in [0.717, 1.165) is 13.0 Å². The van der Waals surface area contributed by atoms with Crippen LogP contribution in [0.25, 0.3) is 10.9 Å². The summed E-state index contributed by atoms with van der Waals surface area (Å²) in [7, 11) is 0. The summed E-state index contributed by atoms with van der Waals surface area (Å²) in [5.74, 6) is 5.52. The number of hydrogen-bond donors (Lipinski definition) is 0. The molecule has 0 spiro atoms. The molecule has 0 radical (unpaired) electrons. The van der Waals surface area contributed by atoms with Gasteiger partial charge in [0.05, 0.1) is 19.1 Å². The highest BCUT2D eigenvalue weighted by Gasteiger charge is 2.30. The summed E-state index contributed by atoms with van der Waals surface area (Å²) in [6.07, 6.45) is 14.1. The molecule has 0 saturated heterocycles. The molecule has 1 unspecified atom stereocenters. The summed E-state index contributed by atoms with van der Waals surface area (Å²) >= 11 is 0. The minimum Gasteiger partial charge on any atom is -0.331 e. The molecular formula is C19H18N2. The van der Waals surface area contributed by atoms with E-state index in [9.17, 15) is 0 Å². The average molecular weight is 274 g/mol. The van der Waals surface area contributed by atoms with E-state index in [1.807, 2.05) is 6.08 Å². The van der Waals surface area contributed by atoms with Crippen LogP contribution in [0.5, 0.6) is 0 Å². The van der Waals surface area contributed by atoms with Crippen LogP contribution in [0, 0.1) is 24.7 Å². The first-order chi connectivity index (χ1) is 10.3. The van der Waals surface area contributed by atoms with E-state index in [4.69, 9.17) is 12.8 Å². The molecule has 0 fully saturated rings. The number of rotatable bonds is 3. The second-order valence-electron chi connectivity index (χ2n) is 5.28. The predicted octanol–water partition coefficient (Wildman–Crippen LogP) is 2.99. The largest absolute Gasteiger partial charge is 0.331 e. The molecule has 0 aliphatic carbocycles. The molecular weight excluding hydrogens is 256 g/mol. The van der Waals surface area contributed by atoms with Gasteiger partial charge in [-0.25, -0.2) is 0 Å². The number of nitrogens with zero attached hydrogens (tertiary/aromatic N) is 2. The molecule has 2 nitrogen and oxygen atoms in total. The van der Waals surface area contributed by atoms with Crippen LogP contribution in [0.1, 0.15) is 17.3 Å². The lowest BCUT2D eigenvalue weighted by molar-refractivity contribution is 0.240. The zero-order valence-corrected chi connectivity index (χ0v) is 12.0. The van der Waals surface area contributed by atoms with Crippen LogP contribution in [0.4, 0.5) is 0 Å². The third-order valence-corrected chi connectivity index (χ3v) is 4.21. The molecule has 0 saturated carbocycles. The van der Waals surface area contributed by atoms with Crippen LogP contribution in [0.2, 0.25) is 0 Å². The van der Waals surface area contributed by atoms with Crippen molar-refractivity contribution >= 4 is 10.9 Å². The van der Waals surface area contributed by atoms with E-state index >= 15 is 0 Å². The van der Waals surface area contributed by atoms with Crippen molar-refractivity contribution < 1.29 is 0 Å². The van der Waals surface area contributed by atoms with Gasteiger partial charge in [-0.1, -0.05) is 36.1 Å². The third-order valence-electron chi connectivity index (χ3n) is 4.21. The smallest absolute Gasteiger partial charge is 0.0838 e. The normalized spacial score (nSPS) is 17.9. The predicted molar refractivity (Wildman–Crippen MR) is 87.8 cm³/mol. The molecule has 21 heavy (non-hydrogen) atoms. The number of benzene rings is 1. The van der Waals surface area contributed by atoms with Crippen LogP contribution in [0.3, 0.4) is 0 Å². The van der Waals surface area contributed by atoms with E-state index in [1.54, 1.807) is 0 Å². The molecule has 1 aliphatic rings. The fraction of sp³-hybridized carbons (Fsp3) is 0.263. The molecule has 104 valence electrons. The zero-order chi connectivity index (χ0) is 14.8. The van der Waals surface area contributed by atoms with Gasteiger partial charge in [0.2, 0.25) is 0 Å². The second kappa shape index (κ2) is 5.52. The van der Waals surface area contributed by atoms with Gasteiger partial charge in [-0.2, -0.15) is 0 Å². The van der Waals surface area contributed by atoms with Crippen LogP contribution >= 0.6 is 0 Å². The van der Waals surface area contributed by atoms with Crippen molar-refractivity contribution in [3.05, 3.63) is 48.2 Å². The summed E-state index contributed by atoms with van der Waals surface area (Å²) in [5, 5.41) is 1.30. The first-order valence-corrected chi connectivity index (χ1v) is 7.15. The minimum atomic E-state index is 0.130. The standard InChI is InChI=1S/C19H18N2/c1-4-12-20-14-11-16-15-9-7-8-10-18(15)21(13-5-2)19(16)17(20)6-3/h1-2,6-10,17H,3,11-14H2. The van der Waals surface area contributed by atoms with E-state index in [0.29, 0.717) is 13.1 Å². The lowest BCUT2D eigenvalue weighted by Crippen LogP contribution is -2.35. The number of terminal acetylenes is 2. The van der Waals surface area contributed by atoms with Gasteiger partial charge in [-0.15, -0.1) is 19.4 Å². The Hall–Kier alpha value is -2.42. The van der Waals surface area contributed by atoms with Crippen molar-refractivity contribution in [2.45, 2.75) is 19.0 Å². The van der Waals surface area contributed by atoms with Crippen molar-refractivity contribution in [3.8, 4) is 24.7 Å². The van der Waals surface area contributed by atoms with Crippen LogP contribution in [-0.4, -0.2) is 22.6 Å². The van der Waals surface area contributed by atoms with Crippen molar-refractivity contribution in [2.75, 3.05) is 13.1 Å². The van der Waals surface area contributed by atoms with E-state index in [1.165, 1.54) is 22.2 Å². The Kier molecular flexibility index (Phi) is 3.57. The van der Waals surface area contributed by atoms with E-state index in [2.05, 4.69) is 52.2 Å². The van der Waals surface area contributed by atoms with Crippen molar-refractivity contribution in [3.63, 3.8) is 0 Å². The molecule has 1 aromatic heterocycles. The van der Waals surface area contributed by atoms with Gasteiger partial charge in [0.25, 0.3) is 0 Å². The van der Waals surface area contributed by atoms with Crippen molar-refractivity contribution in [2.24, 2.45) is 0 Å². The molecule has 1 atom stereocenters. The van der Waals surface area contributed by atoms with Gasteiger partial charge >= 0.3 is 0 Å². The lowest BCUT2D eigenvalue weighted by atomic mass is 9.97. The Morgan fingerprint density at radius 3 is 2.71 bits per heavy atom. The summed E-state index contributed by atoms with van der Waals surface area (Å²) in [6, 6.07) is 8.59. The fourth-order valence-corrected chi connectivity index (χ4v) is 3.38. The maximum Gasteiger partial charge on any atom is 0.0838 e. The minimum absolute atomic E-state index is 0.130. The molecule has 0 bridgehead atoms. The highest BCUT2D eigenvalue weighted by atomic mass is 15.2. The molecule has 3 rings (SSSR count). The van der Waals surface area contributed by atoms with E-state index in [-0.39, 0.29) is 6.04 Å². The quantitative estimate of drug-likeness (QED) is 0.617. The Labute approximate surface area is 126 Å². The van der Waals surface area contributed by atoms with Crippen LogP contribution < -0.4 is 0 Å². The van der Waals surface area contributed by atoms with Gasteiger partial charge in [-0.3, -0.25) is 4.90 Å². The first-order valence-electron chi connectivity index (χ1n) is 7.15. The second-order valence-corrected chi connectivity index (χ2v) is 5.28. The number of aromatic nitrogens is 1. The van der Waals surface area contributed by atoms with Gasteiger partial charge < -0.3 is 4.57 Å². The maximum absolute atomic E-state index is 5.58. The third kappa shape index (κ3) is 2.05. The van der Waals surface area contributed by atoms with Gasteiger partial charge in [0, 0.05) is 23.1 Å². The highest BCUT2D eigenvalue weighted by molar-refractivity contribution is 5.86. The average Bonchev–Trinajstić information content (AvgIpc) is 2.83. The first kappa shape index (κ1) is 13.6. The van der Waals surface area contributed by atoms with Crippen LogP contribution in [0.15, 0.2) is 36.9 Å². The van der Waals surface area contributed by atoms with Crippen molar-refractivity contribution in [1.29, 1.82) is 0 Å². The van der Waals surface area contributed by atoms with Crippen molar-refractivity contribution in [1.82, 2.24) is 9.47 Å². The Morgan fingerprint density at radius 1 is 1.24 bits per heavy atom. The lowest BCUT2D eigenvalue weighted by Gasteiger charge is -2.33. The molecule has 2 heterocycles. The summed E-state index contributed by atoms with van der Waals surface area (Å²) in [5.41, 5.74) is 3.85. The Balaban J connectivity index is 2.25. The molecule has 1 aliphatic heterocycles. The molecule has 0 N–H and O–H groups in total. The molecule has 1 aromatic carbocycles. The fourth-order valence-electron chi connectivity index (χ4n) is 3.38. The number of hydrogen-bond acceptors (Lipinski definition) is 1. The number of para-hydroxylation sites is 1. The Bertz CT molecular complexity index is 767. The molecule has 2 heteroatoms. The topological polar surface area (TPSA) is 8.17 Å². The maximum atomic E-state index is 5.58. The van der Waals surface area contributed by atoms with Crippen LogP contribution in [-0.2, 0) is 13.0 Å². The van der Waals surface area contributed by atoms with E-state index < -0.39 is 0 Å². The molecule has 2 aromatic rings. The summed E-state index contributed by atoms with van der Waals surface area (Å²) in [4.78, 5) is 2.28. The van der Waals surface area contributed by atoms with Gasteiger partial charge in [0.15, 0.2) is 0 Å². The monoisotopic (exact) mass is 274 g/mol. The number of fused-ring (bicyclic) bond motifs is 3. The molecule has 0 amide bonds. The van der Waals surface area contributed by atoms with Gasteiger partial charge in [-0.05, 0) is 18.1 Å².